The molecular weight excluding hydrogens is 472 g/mol. The molecule has 6 rings (SSSR count). The summed E-state index contributed by atoms with van der Waals surface area (Å²) in [6, 6.07) is 0. The van der Waals surface area contributed by atoms with Gasteiger partial charge in [0.1, 0.15) is 11.7 Å². The van der Waals surface area contributed by atoms with Crippen molar-refractivity contribution >= 4 is 11.9 Å². The molecule has 0 aromatic heterocycles. The highest BCUT2D eigenvalue weighted by Gasteiger charge is 2.51. The Bertz CT molecular complexity index is 711. The molecule has 0 radical (unpaired) electrons. The Morgan fingerprint density at radius 2 is 1.11 bits per heavy atom. The van der Waals surface area contributed by atoms with Gasteiger partial charge in [-0.1, -0.05) is 61.8 Å². The number of fused-ring (bicyclic) bond motifs is 2. The first-order chi connectivity index (χ1) is 17.9. The number of carbonyl (C=O) groups is 2. The molecule has 4 heteroatoms. The molecule has 0 heterocycles. The molecule has 222 valence electrons. The predicted molar refractivity (Wildman–Crippen MR) is 158 cm³/mol. The minimum absolute atomic E-state index is 0.00397. The van der Waals surface area contributed by atoms with Crippen LogP contribution in [0, 0.1) is 59.2 Å². The highest BCUT2D eigenvalue weighted by atomic mass is 16.6. The van der Waals surface area contributed by atoms with E-state index in [-0.39, 0.29) is 35.5 Å². The quantitative estimate of drug-likeness (QED) is 0.319. The average molecular weight is 535 g/mol. The van der Waals surface area contributed by atoms with E-state index in [9.17, 15) is 9.59 Å². The van der Waals surface area contributed by atoms with Gasteiger partial charge in [0.2, 0.25) is 0 Å². The fourth-order valence-corrected chi connectivity index (χ4v) is 8.68. The lowest BCUT2D eigenvalue weighted by Crippen LogP contribution is -2.49. The molecular formula is C34H62O4. The van der Waals surface area contributed by atoms with Gasteiger partial charge in [0.25, 0.3) is 0 Å². The zero-order chi connectivity index (χ0) is 28.8. The van der Waals surface area contributed by atoms with Crippen LogP contribution in [-0.2, 0) is 19.1 Å². The summed E-state index contributed by atoms with van der Waals surface area (Å²) in [6.07, 6.45) is 12.6. The van der Waals surface area contributed by atoms with Crippen molar-refractivity contribution in [3.05, 3.63) is 0 Å². The number of rotatable bonds is 6. The fraction of sp³-hybridized carbons (Fsp3) is 0.941. The minimum atomic E-state index is -0.263. The van der Waals surface area contributed by atoms with E-state index in [0.717, 1.165) is 35.5 Å². The SMILES string of the molecule is CC.CC.CC(C)C(=O)OC(C)(C)C1CC2CCC1C2.CC(C)C(=O)OC(C)C1C2CC3CC(C2)CC1C3. The molecule has 4 atom stereocenters. The zero-order valence-electron chi connectivity index (χ0n) is 26.8. The summed E-state index contributed by atoms with van der Waals surface area (Å²) in [5, 5.41) is 0. The lowest BCUT2D eigenvalue weighted by atomic mass is 9.51. The third kappa shape index (κ3) is 8.00. The van der Waals surface area contributed by atoms with Crippen molar-refractivity contribution in [1.29, 1.82) is 0 Å². The Hall–Kier alpha value is -1.06. The molecule has 4 nitrogen and oxygen atoms in total. The summed E-state index contributed by atoms with van der Waals surface area (Å²) < 4.78 is 11.4. The Balaban J connectivity index is 0.000000238. The molecule has 38 heavy (non-hydrogen) atoms. The molecule has 6 bridgehead atoms. The van der Waals surface area contributed by atoms with E-state index in [1.807, 2.05) is 55.4 Å². The smallest absolute Gasteiger partial charge is 0.308 e. The second-order valence-corrected chi connectivity index (χ2v) is 13.8. The zero-order valence-corrected chi connectivity index (χ0v) is 26.8. The van der Waals surface area contributed by atoms with E-state index in [2.05, 4.69) is 20.8 Å². The number of hydrogen-bond acceptors (Lipinski definition) is 4. The highest BCUT2D eigenvalue weighted by Crippen LogP contribution is 2.57. The van der Waals surface area contributed by atoms with E-state index in [4.69, 9.17) is 9.47 Å². The van der Waals surface area contributed by atoms with Gasteiger partial charge in [-0.05, 0) is 108 Å². The molecule has 0 aliphatic heterocycles. The summed E-state index contributed by atoms with van der Waals surface area (Å²) in [5.41, 5.74) is -0.263. The van der Waals surface area contributed by atoms with Crippen LogP contribution < -0.4 is 0 Å². The molecule has 6 saturated carbocycles. The van der Waals surface area contributed by atoms with Crippen LogP contribution in [0.25, 0.3) is 0 Å². The maximum absolute atomic E-state index is 11.8. The summed E-state index contributed by atoms with van der Waals surface area (Å²) >= 11 is 0. The van der Waals surface area contributed by atoms with Crippen LogP contribution in [0.3, 0.4) is 0 Å². The van der Waals surface area contributed by atoms with Crippen molar-refractivity contribution in [3.8, 4) is 0 Å². The number of hydrogen-bond donors (Lipinski definition) is 0. The maximum Gasteiger partial charge on any atom is 0.308 e. The van der Waals surface area contributed by atoms with Crippen LogP contribution in [0.15, 0.2) is 0 Å². The minimum Gasteiger partial charge on any atom is -0.462 e. The molecule has 0 N–H and O–H groups in total. The molecule has 4 unspecified atom stereocenters. The first-order valence-corrected chi connectivity index (χ1v) is 16.4. The number of esters is 2. The van der Waals surface area contributed by atoms with Crippen LogP contribution in [0.4, 0.5) is 0 Å². The maximum atomic E-state index is 11.8. The average Bonchev–Trinajstić information content (AvgIpc) is 3.50. The third-order valence-electron chi connectivity index (χ3n) is 10.1. The van der Waals surface area contributed by atoms with Crippen molar-refractivity contribution < 1.29 is 19.1 Å². The van der Waals surface area contributed by atoms with E-state index in [1.54, 1.807) is 0 Å². The first-order valence-electron chi connectivity index (χ1n) is 16.4. The van der Waals surface area contributed by atoms with Crippen LogP contribution in [-0.4, -0.2) is 23.6 Å². The van der Waals surface area contributed by atoms with Gasteiger partial charge in [0.05, 0.1) is 11.8 Å². The van der Waals surface area contributed by atoms with Gasteiger partial charge in [-0.15, -0.1) is 0 Å². The van der Waals surface area contributed by atoms with Crippen molar-refractivity contribution in [1.82, 2.24) is 0 Å². The Morgan fingerprint density at radius 1 is 0.632 bits per heavy atom. The van der Waals surface area contributed by atoms with Gasteiger partial charge < -0.3 is 9.47 Å². The van der Waals surface area contributed by atoms with Gasteiger partial charge in [0, 0.05) is 11.8 Å². The van der Waals surface area contributed by atoms with Crippen molar-refractivity contribution in [2.24, 2.45) is 59.2 Å². The van der Waals surface area contributed by atoms with Crippen LogP contribution in [0.2, 0.25) is 0 Å². The molecule has 0 spiro atoms. The summed E-state index contributed by atoms with van der Waals surface area (Å²) in [7, 11) is 0. The van der Waals surface area contributed by atoms with Gasteiger partial charge >= 0.3 is 11.9 Å². The molecule has 0 amide bonds. The number of ether oxygens (including phenoxy) is 2. The Kier molecular flexibility index (Phi) is 12.7. The van der Waals surface area contributed by atoms with E-state index >= 15 is 0 Å². The predicted octanol–water partition coefficient (Wildman–Crippen LogP) is 9.10. The standard InChI is InChI=1S/C16H26O2.C14H24O2.2C2H6/c1-9(2)16(17)18-10(3)15-13-5-11-4-12(7-13)8-14(15)6-11;1-9(2)13(15)16-14(3,4)12-8-10-5-6-11(12)7-10;2*1-2/h9-15H,4-8H2,1-3H3;9-12H,5-8H2,1-4H3;2*1-2H3. The van der Waals surface area contributed by atoms with Gasteiger partial charge in [-0.25, -0.2) is 0 Å². The van der Waals surface area contributed by atoms with Crippen LogP contribution in [0.1, 0.15) is 134 Å². The van der Waals surface area contributed by atoms with Gasteiger partial charge in [0.15, 0.2) is 0 Å². The molecule has 6 aliphatic carbocycles. The van der Waals surface area contributed by atoms with E-state index < -0.39 is 0 Å². The molecule has 0 aromatic rings. The summed E-state index contributed by atoms with van der Waals surface area (Å²) in [6.45, 7) is 22.0. The van der Waals surface area contributed by atoms with E-state index in [0.29, 0.717) is 11.8 Å². The first kappa shape index (κ1) is 33.1. The molecule has 6 aliphatic rings. The van der Waals surface area contributed by atoms with Crippen molar-refractivity contribution in [3.63, 3.8) is 0 Å². The highest BCUT2D eigenvalue weighted by molar-refractivity contribution is 5.72. The largest absolute Gasteiger partial charge is 0.462 e. The van der Waals surface area contributed by atoms with E-state index in [1.165, 1.54) is 57.8 Å². The number of carbonyl (C=O) groups excluding carboxylic acids is 2. The van der Waals surface area contributed by atoms with Crippen molar-refractivity contribution in [2.45, 2.75) is 146 Å². The molecule has 6 fully saturated rings. The van der Waals surface area contributed by atoms with Crippen LogP contribution >= 0.6 is 0 Å². The third-order valence-corrected chi connectivity index (χ3v) is 10.1. The summed E-state index contributed by atoms with van der Waals surface area (Å²) in [5.74, 6) is 6.56. The van der Waals surface area contributed by atoms with Gasteiger partial charge in [-0.2, -0.15) is 0 Å². The monoisotopic (exact) mass is 534 g/mol. The second kappa shape index (κ2) is 14.5. The van der Waals surface area contributed by atoms with Crippen LogP contribution in [0.5, 0.6) is 0 Å². The lowest BCUT2D eigenvalue weighted by Gasteiger charge is -2.55. The molecule has 0 aromatic carbocycles. The summed E-state index contributed by atoms with van der Waals surface area (Å²) in [4.78, 5) is 23.5. The lowest BCUT2D eigenvalue weighted by molar-refractivity contribution is -0.168. The van der Waals surface area contributed by atoms with Crippen molar-refractivity contribution in [2.75, 3.05) is 0 Å². The Labute approximate surface area is 235 Å². The second-order valence-electron chi connectivity index (χ2n) is 13.8. The normalized spacial score (nSPS) is 34.9. The van der Waals surface area contributed by atoms with Gasteiger partial charge in [-0.3, -0.25) is 9.59 Å². The molecule has 0 saturated heterocycles. The Morgan fingerprint density at radius 3 is 1.50 bits per heavy atom. The topological polar surface area (TPSA) is 52.6 Å². The fourth-order valence-electron chi connectivity index (χ4n) is 8.68.